The van der Waals surface area contributed by atoms with E-state index in [1.807, 2.05) is 48.5 Å². The number of benzene rings is 2. The highest BCUT2D eigenvalue weighted by atomic mass is 32.2. The number of carbonyl (C=O) groups is 2. The molecule has 0 spiro atoms. The zero-order valence-electron chi connectivity index (χ0n) is 18.1. The highest BCUT2D eigenvalue weighted by Crippen LogP contribution is 2.42. The van der Waals surface area contributed by atoms with Crippen LogP contribution >= 0.6 is 11.8 Å². The maximum Gasteiger partial charge on any atom is 0.304 e. The SMILES string of the molecule is O=C(O)CC(Sc1ccc2c(c1)OCC(=O)N2CCCCNc1ncc[nH]1)c1ccccc1. The van der Waals surface area contributed by atoms with Crippen LogP contribution in [0, 0.1) is 0 Å². The first-order chi connectivity index (χ1) is 16.1. The van der Waals surface area contributed by atoms with Crippen molar-refractivity contribution in [3.05, 3.63) is 66.5 Å². The second-order valence-corrected chi connectivity index (χ2v) is 8.93. The van der Waals surface area contributed by atoms with Crippen LogP contribution in [-0.4, -0.2) is 46.6 Å². The molecular formula is C24H26N4O4S. The number of thioether (sulfide) groups is 1. The van der Waals surface area contributed by atoms with Crippen molar-refractivity contribution in [2.45, 2.75) is 29.4 Å². The molecule has 172 valence electrons. The van der Waals surface area contributed by atoms with Crippen LogP contribution in [0.4, 0.5) is 11.6 Å². The summed E-state index contributed by atoms with van der Waals surface area (Å²) in [6.45, 7) is 1.37. The predicted octanol–water partition coefficient (Wildman–Crippen LogP) is 4.34. The van der Waals surface area contributed by atoms with Crippen LogP contribution in [0.2, 0.25) is 0 Å². The van der Waals surface area contributed by atoms with E-state index in [9.17, 15) is 14.7 Å². The number of carboxylic acids is 1. The zero-order valence-corrected chi connectivity index (χ0v) is 18.9. The van der Waals surface area contributed by atoms with E-state index in [2.05, 4.69) is 15.3 Å². The normalized spacial score (nSPS) is 13.8. The number of H-pyrrole nitrogens is 1. The summed E-state index contributed by atoms with van der Waals surface area (Å²) in [4.78, 5) is 33.7. The summed E-state index contributed by atoms with van der Waals surface area (Å²) >= 11 is 1.49. The Balaban J connectivity index is 1.40. The first-order valence-corrected chi connectivity index (χ1v) is 11.7. The molecule has 2 aromatic carbocycles. The minimum atomic E-state index is -0.844. The van der Waals surface area contributed by atoms with E-state index in [4.69, 9.17) is 4.74 Å². The number of amides is 1. The third-order valence-corrected chi connectivity index (χ3v) is 6.53. The summed E-state index contributed by atoms with van der Waals surface area (Å²) in [5.41, 5.74) is 1.72. The van der Waals surface area contributed by atoms with Crippen molar-refractivity contribution in [2.75, 3.05) is 29.9 Å². The number of rotatable bonds is 11. The van der Waals surface area contributed by atoms with Crippen LogP contribution in [0.1, 0.15) is 30.1 Å². The number of nitrogens with one attached hydrogen (secondary N) is 2. The van der Waals surface area contributed by atoms with Crippen molar-refractivity contribution in [1.29, 1.82) is 0 Å². The first-order valence-electron chi connectivity index (χ1n) is 10.8. The molecule has 0 fully saturated rings. The molecule has 1 aliphatic rings. The molecule has 0 radical (unpaired) electrons. The molecule has 1 amide bonds. The maximum atomic E-state index is 12.5. The Morgan fingerprint density at radius 1 is 1.24 bits per heavy atom. The van der Waals surface area contributed by atoms with Crippen molar-refractivity contribution < 1.29 is 19.4 Å². The fraction of sp³-hybridized carbons (Fsp3) is 0.292. The molecule has 0 bridgehead atoms. The van der Waals surface area contributed by atoms with Gasteiger partial charge in [-0.05, 0) is 36.6 Å². The number of fused-ring (bicyclic) bond motifs is 1. The van der Waals surface area contributed by atoms with Crippen LogP contribution < -0.4 is 15.0 Å². The Morgan fingerprint density at radius 3 is 2.85 bits per heavy atom. The van der Waals surface area contributed by atoms with Gasteiger partial charge in [-0.2, -0.15) is 0 Å². The fourth-order valence-electron chi connectivity index (χ4n) is 3.69. The largest absolute Gasteiger partial charge is 0.482 e. The van der Waals surface area contributed by atoms with Gasteiger partial charge >= 0.3 is 5.97 Å². The molecule has 33 heavy (non-hydrogen) atoms. The lowest BCUT2D eigenvalue weighted by atomic mass is 10.1. The smallest absolute Gasteiger partial charge is 0.304 e. The molecule has 1 atom stereocenters. The number of aromatic nitrogens is 2. The molecule has 9 heteroatoms. The Labute approximate surface area is 196 Å². The minimum Gasteiger partial charge on any atom is -0.482 e. The number of hydrogen-bond donors (Lipinski definition) is 3. The third kappa shape index (κ3) is 6.07. The van der Waals surface area contributed by atoms with Gasteiger partial charge in [-0.3, -0.25) is 9.59 Å². The molecule has 1 aliphatic heterocycles. The number of imidazole rings is 1. The lowest BCUT2D eigenvalue weighted by Gasteiger charge is -2.30. The highest BCUT2D eigenvalue weighted by molar-refractivity contribution is 7.99. The molecule has 0 saturated heterocycles. The Morgan fingerprint density at radius 2 is 2.09 bits per heavy atom. The van der Waals surface area contributed by atoms with Crippen LogP contribution in [0.5, 0.6) is 5.75 Å². The van der Waals surface area contributed by atoms with Gasteiger partial charge in [0.2, 0.25) is 0 Å². The lowest BCUT2D eigenvalue weighted by Crippen LogP contribution is -2.39. The highest BCUT2D eigenvalue weighted by Gasteiger charge is 2.26. The average Bonchev–Trinajstić information content (AvgIpc) is 3.33. The van der Waals surface area contributed by atoms with Gasteiger partial charge < -0.3 is 25.0 Å². The molecule has 3 N–H and O–H groups in total. The van der Waals surface area contributed by atoms with Crippen molar-refractivity contribution in [3.8, 4) is 5.75 Å². The van der Waals surface area contributed by atoms with Crippen LogP contribution in [0.25, 0.3) is 0 Å². The fourth-order valence-corrected chi connectivity index (χ4v) is 4.85. The molecular weight excluding hydrogens is 440 g/mol. The Kier molecular flexibility index (Phi) is 7.51. The first kappa shape index (κ1) is 22.7. The van der Waals surface area contributed by atoms with E-state index in [0.717, 1.165) is 41.5 Å². The van der Waals surface area contributed by atoms with Gasteiger partial charge in [0.25, 0.3) is 5.91 Å². The standard InChI is InChI=1S/C24H26N4O4S/c29-22-16-32-20-14-18(33-21(15-23(30)31)17-6-2-1-3-7-17)8-9-19(20)28(22)13-5-4-10-25-24-26-11-12-27-24/h1-3,6-9,11-12,14,21H,4-5,10,13,15-16H2,(H,30,31)(H2,25,26,27). The molecule has 2 heterocycles. The van der Waals surface area contributed by atoms with E-state index < -0.39 is 5.97 Å². The number of carbonyl (C=O) groups excluding carboxylic acids is 1. The molecule has 0 saturated carbocycles. The third-order valence-electron chi connectivity index (χ3n) is 5.28. The number of hydrogen-bond acceptors (Lipinski definition) is 6. The Hall–Kier alpha value is -3.46. The maximum absolute atomic E-state index is 12.5. The Bertz CT molecular complexity index is 1080. The van der Waals surface area contributed by atoms with Crippen molar-refractivity contribution >= 4 is 35.3 Å². The molecule has 3 aromatic rings. The molecule has 8 nitrogen and oxygen atoms in total. The van der Waals surface area contributed by atoms with Gasteiger partial charge in [0.15, 0.2) is 12.6 Å². The number of ether oxygens (including phenoxy) is 1. The number of anilines is 2. The van der Waals surface area contributed by atoms with Crippen LogP contribution in [0.3, 0.4) is 0 Å². The molecule has 4 rings (SSSR count). The second kappa shape index (κ2) is 10.9. The topological polar surface area (TPSA) is 108 Å². The van der Waals surface area contributed by atoms with E-state index in [1.165, 1.54) is 11.8 Å². The lowest BCUT2D eigenvalue weighted by molar-refractivity contribution is -0.137. The van der Waals surface area contributed by atoms with Crippen molar-refractivity contribution in [3.63, 3.8) is 0 Å². The van der Waals surface area contributed by atoms with Crippen LogP contribution in [-0.2, 0) is 9.59 Å². The zero-order chi connectivity index (χ0) is 23.0. The minimum absolute atomic E-state index is 0.00298. The molecule has 1 aromatic heterocycles. The number of nitrogens with zero attached hydrogens (tertiary/aromatic N) is 2. The monoisotopic (exact) mass is 466 g/mol. The van der Waals surface area contributed by atoms with Gasteiger partial charge in [-0.1, -0.05) is 30.3 Å². The second-order valence-electron chi connectivity index (χ2n) is 7.65. The van der Waals surface area contributed by atoms with Crippen molar-refractivity contribution in [1.82, 2.24) is 9.97 Å². The summed E-state index contributed by atoms with van der Waals surface area (Å²) < 4.78 is 5.71. The van der Waals surface area contributed by atoms with Crippen molar-refractivity contribution in [2.24, 2.45) is 0 Å². The van der Waals surface area contributed by atoms with Gasteiger partial charge in [0, 0.05) is 35.6 Å². The van der Waals surface area contributed by atoms with Crippen LogP contribution in [0.15, 0.2) is 65.8 Å². The summed E-state index contributed by atoms with van der Waals surface area (Å²) in [5.74, 6) is 0.485. The van der Waals surface area contributed by atoms with Gasteiger partial charge in [-0.15, -0.1) is 11.8 Å². The van der Waals surface area contributed by atoms with Gasteiger partial charge in [0.05, 0.1) is 12.1 Å². The predicted molar refractivity (Wildman–Crippen MR) is 128 cm³/mol. The summed E-state index contributed by atoms with van der Waals surface area (Å²) in [7, 11) is 0. The van der Waals surface area contributed by atoms with E-state index in [-0.39, 0.29) is 24.2 Å². The number of aliphatic carboxylic acids is 1. The van der Waals surface area contributed by atoms with E-state index >= 15 is 0 Å². The number of aromatic amines is 1. The molecule has 1 unspecified atom stereocenters. The molecule has 0 aliphatic carbocycles. The summed E-state index contributed by atoms with van der Waals surface area (Å²) in [6, 6.07) is 15.3. The number of unbranched alkanes of at least 4 members (excludes halogenated alkanes) is 1. The van der Waals surface area contributed by atoms with Gasteiger partial charge in [0.1, 0.15) is 5.75 Å². The quantitative estimate of drug-likeness (QED) is 0.285. The van der Waals surface area contributed by atoms with E-state index in [0.29, 0.717) is 12.3 Å². The summed E-state index contributed by atoms with van der Waals surface area (Å²) in [6.07, 6.45) is 5.21. The van der Waals surface area contributed by atoms with E-state index in [1.54, 1.807) is 17.3 Å². The number of carboxylic acid groups (broad SMARTS) is 1. The van der Waals surface area contributed by atoms with Gasteiger partial charge in [-0.25, -0.2) is 4.98 Å². The average molecular weight is 467 g/mol. The summed E-state index contributed by atoms with van der Waals surface area (Å²) in [5, 5.41) is 12.3.